The van der Waals surface area contributed by atoms with Gasteiger partial charge in [0.1, 0.15) is 10.7 Å². The smallest absolute Gasteiger partial charge is 0.241 e. The van der Waals surface area contributed by atoms with E-state index in [-0.39, 0.29) is 9.64 Å². The Bertz CT molecular complexity index is 521. The summed E-state index contributed by atoms with van der Waals surface area (Å²) < 4.78 is 23.1. The molecule has 1 aliphatic rings. The standard InChI is InChI=1S/C11H17N3O2S2/c1-17-11(5-3-6-11)8-14-10-9(18(12,15)16)4-2-7-13-10/h2,4,7H,3,5-6,8H2,1H3,(H,13,14)(H2,12,15,16). The van der Waals surface area contributed by atoms with Crippen LogP contribution in [-0.2, 0) is 10.0 Å². The lowest BCUT2D eigenvalue weighted by molar-refractivity contribution is 0.379. The minimum Gasteiger partial charge on any atom is -0.368 e. The second-order valence-corrected chi connectivity index (χ2v) is 7.29. The molecule has 0 unspecified atom stereocenters. The third kappa shape index (κ3) is 2.78. The van der Waals surface area contributed by atoms with Gasteiger partial charge in [-0.15, -0.1) is 0 Å². The van der Waals surface area contributed by atoms with Crippen molar-refractivity contribution in [1.29, 1.82) is 0 Å². The first kappa shape index (κ1) is 13.6. The van der Waals surface area contributed by atoms with Crippen LogP contribution >= 0.6 is 11.8 Å². The van der Waals surface area contributed by atoms with Gasteiger partial charge in [0.15, 0.2) is 0 Å². The van der Waals surface area contributed by atoms with Crippen molar-refractivity contribution in [2.75, 3.05) is 18.1 Å². The van der Waals surface area contributed by atoms with Gasteiger partial charge in [-0.2, -0.15) is 11.8 Å². The number of nitrogens with zero attached hydrogens (tertiary/aromatic N) is 1. The Hall–Kier alpha value is -0.790. The predicted octanol–water partition coefficient (Wildman–Crippen LogP) is 1.43. The number of rotatable bonds is 5. The number of thioether (sulfide) groups is 1. The third-order valence-corrected chi connectivity index (χ3v) is 5.71. The number of hydrogen-bond donors (Lipinski definition) is 2. The lowest BCUT2D eigenvalue weighted by Gasteiger charge is -2.40. The van der Waals surface area contributed by atoms with Crippen molar-refractivity contribution >= 4 is 27.6 Å². The Kier molecular flexibility index (Phi) is 3.84. The normalized spacial score (nSPS) is 18.1. The molecule has 0 radical (unpaired) electrons. The van der Waals surface area contributed by atoms with Crippen molar-refractivity contribution < 1.29 is 8.42 Å². The largest absolute Gasteiger partial charge is 0.368 e. The fourth-order valence-electron chi connectivity index (χ4n) is 2.02. The van der Waals surface area contributed by atoms with E-state index >= 15 is 0 Å². The zero-order valence-electron chi connectivity index (χ0n) is 10.2. The second kappa shape index (κ2) is 5.07. The van der Waals surface area contributed by atoms with E-state index in [0.29, 0.717) is 12.4 Å². The Balaban J connectivity index is 2.15. The van der Waals surface area contributed by atoms with Crippen LogP contribution in [0.4, 0.5) is 5.82 Å². The summed E-state index contributed by atoms with van der Waals surface area (Å²) in [6, 6.07) is 3.04. The maximum atomic E-state index is 11.4. The molecule has 0 saturated heterocycles. The van der Waals surface area contributed by atoms with Gasteiger partial charge in [0.05, 0.1) is 0 Å². The van der Waals surface area contributed by atoms with Gasteiger partial charge in [-0.3, -0.25) is 0 Å². The Labute approximate surface area is 112 Å². The number of hydrogen-bond acceptors (Lipinski definition) is 5. The minimum absolute atomic E-state index is 0.0561. The van der Waals surface area contributed by atoms with Gasteiger partial charge in [-0.1, -0.05) is 6.42 Å². The molecule has 3 N–H and O–H groups in total. The van der Waals surface area contributed by atoms with Gasteiger partial charge in [0.2, 0.25) is 10.0 Å². The fourth-order valence-corrected chi connectivity index (χ4v) is 3.60. The number of pyridine rings is 1. The first-order valence-electron chi connectivity index (χ1n) is 5.74. The summed E-state index contributed by atoms with van der Waals surface area (Å²) in [5, 5.41) is 8.29. The number of aromatic nitrogens is 1. The molecule has 0 aromatic carbocycles. The molecular weight excluding hydrogens is 270 g/mol. The van der Waals surface area contributed by atoms with Crippen LogP contribution in [0.25, 0.3) is 0 Å². The third-order valence-electron chi connectivity index (χ3n) is 3.35. The molecule has 0 bridgehead atoms. The van der Waals surface area contributed by atoms with E-state index in [1.807, 2.05) is 11.8 Å². The first-order chi connectivity index (χ1) is 8.47. The summed E-state index contributed by atoms with van der Waals surface area (Å²) in [6.07, 6.45) is 7.17. The molecule has 1 fully saturated rings. The number of sulfonamides is 1. The predicted molar refractivity (Wildman–Crippen MR) is 74.2 cm³/mol. The van der Waals surface area contributed by atoms with Crippen molar-refractivity contribution in [1.82, 2.24) is 4.98 Å². The van der Waals surface area contributed by atoms with E-state index in [0.717, 1.165) is 12.8 Å². The SMILES string of the molecule is CSC1(CNc2ncccc2S(N)(=O)=O)CCC1. The maximum absolute atomic E-state index is 11.4. The van der Waals surface area contributed by atoms with Gasteiger partial charge in [-0.05, 0) is 31.2 Å². The fraction of sp³-hybridized carbons (Fsp3) is 0.545. The molecule has 0 atom stereocenters. The second-order valence-electron chi connectivity index (χ2n) is 4.49. The monoisotopic (exact) mass is 287 g/mol. The van der Waals surface area contributed by atoms with Crippen molar-refractivity contribution in [2.24, 2.45) is 5.14 Å². The summed E-state index contributed by atoms with van der Waals surface area (Å²) >= 11 is 1.82. The van der Waals surface area contributed by atoms with Crippen LogP contribution in [0.1, 0.15) is 19.3 Å². The van der Waals surface area contributed by atoms with Crippen molar-refractivity contribution in [3.05, 3.63) is 18.3 Å². The highest BCUT2D eigenvalue weighted by Crippen LogP contribution is 2.42. The van der Waals surface area contributed by atoms with Gasteiger partial charge in [-0.25, -0.2) is 18.5 Å². The molecule has 0 aliphatic heterocycles. The van der Waals surface area contributed by atoms with Crippen molar-refractivity contribution in [3.8, 4) is 0 Å². The molecule has 1 heterocycles. The summed E-state index contributed by atoms with van der Waals surface area (Å²) in [5.41, 5.74) is 0. The number of nitrogens with two attached hydrogens (primary N) is 1. The molecule has 100 valence electrons. The lowest BCUT2D eigenvalue weighted by Crippen LogP contribution is -2.40. The van der Waals surface area contributed by atoms with Crippen molar-refractivity contribution in [3.63, 3.8) is 0 Å². The van der Waals surface area contributed by atoms with E-state index < -0.39 is 10.0 Å². The average Bonchev–Trinajstić information content (AvgIpc) is 2.27. The molecule has 2 rings (SSSR count). The Morgan fingerprint density at radius 1 is 1.56 bits per heavy atom. The molecule has 0 amide bonds. The van der Waals surface area contributed by atoms with Crippen LogP contribution in [0.15, 0.2) is 23.2 Å². The van der Waals surface area contributed by atoms with Crippen LogP contribution in [0.5, 0.6) is 0 Å². The summed E-state index contributed by atoms with van der Waals surface area (Å²) in [7, 11) is -3.73. The van der Waals surface area contributed by atoms with Gasteiger partial charge in [0, 0.05) is 17.5 Å². The van der Waals surface area contributed by atoms with Crippen LogP contribution in [-0.4, -0.2) is 30.9 Å². The molecule has 0 spiro atoms. The highest BCUT2D eigenvalue weighted by molar-refractivity contribution is 8.00. The van der Waals surface area contributed by atoms with Gasteiger partial charge < -0.3 is 5.32 Å². The quantitative estimate of drug-likeness (QED) is 0.855. The molecule has 1 saturated carbocycles. The molecule has 18 heavy (non-hydrogen) atoms. The zero-order chi connectivity index (χ0) is 13.2. The van der Waals surface area contributed by atoms with Crippen LogP contribution in [0.2, 0.25) is 0 Å². The maximum Gasteiger partial charge on any atom is 0.241 e. The Morgan fingerprint density at radius 3 is 2.78 bits per heavy atom. The summed E-state index contributed by atoms with van der Waals surface area (Å²) in [6.45, 7) is 0.716. The van der Waals surface area contributed by atoms with E-state index in [1.54, 1.807) is 12.3 Å². The molecular formula is C11H17N3O2S2. The van der Waals surface area contributed by atoms with Gasteiger partial charge >= 0.3 is 0 Å². The molecule has 1 aromatic heterocycles. The number of anilines is 1. The van der Waals surface area contributed by atoms with Gasteiger partial charge in [0.25, 0.3) is 0 Å². The van der Waals surface area contributed by atoms with E-state index in [1.165, 1.54) is 12.5 Å². The lowest BCUT2D eigenvalue weighted by atomic mass is 9.84. The summed E-state index contributed by atoms with van der Waals surface area (Å²) in [4.78, 5) is 4.12. The van der Waals surface area contributed by atoms with E-state index in [9.17, 15) is 8.42 Å². The van der Waals surface area contributed by atoms with E-state index in [4.69, 9.17) is 5.14 Å². The molecule has 1 aromatic rings. The van der Waals surface area contributed by atoms with Crippen LogP contribution < -0.4 is 10.5 Å². The molecule has 1 aliphatic carbocycles. The first-order valence-corrected chi connectivity index (χ1v) is 8.51. The topological polar surface area (TPSA) is 85.1 Å². The molecule has 7 heteroatoms. The average molecular weight is 287 g/mol. The highest BCUT2D eigenvalue weighted by atomic mass is 32.2. The minimum atomic E-state index is -3.73. The van der Waals surface area contributed by atoms with E-state index in [2.05, 4.69) is 16.6 Å². The molecule has 5 nitrogen and oxygen atoms in total. The van der Waals surface area contributed by atoms with Crippen LogP contribution in [0.3, 0.4) is 0 Å². The number of nitrogens with one attached hydrogen (secondary N) is 1. The number of primary sulfonamides is 1. The van der Waals surface area contributed by atoms with Crippen molar-refractivity contribution in [2.45, 2.75) is 28.9 Å². The Morgan fingerprint density at radius 2 is 2.28 bits per heavy atom. The van der Waals surface area contributed by atoms with Crippen LogP contribution in [0, 0.1) is 0 Å². The summed E-state index contributed by atoms with van der Waals surface area (Å²) in [5.74, 6) is 0.348. The zero-order valence-corrected chi connectivity index (χ0v) is 11.9. The highest BCUT2D eigenvalue weighted by Gasteiger charge is 2.36.